The molecule has 46 heavy (non-hydrogen) atoms. The molecule has 1 atom stereocenters. The molecule has 232 valence electrons. The van der Waals surface area contributed by atoms with E-state index in [0.717, 1.165) is 29.6 Å². The Morgan fingerprint density at radius 3 is 2.48 bits per heavy atom. The largest absolute Gasteiger partial charge is 0.497 e. The molecule has 4 aromatic carbocycles. The summed E-state index contributed by atoms with van der Waals surface area (Å²) in [5.74, 6) is 1.06. The monoisotopic (exact) mass is 873 g/mol. The lowest BCUT2D eigenvalue weighted by Crippen LogP contribution is -2.40. The van der Waals surface area contributed by atoms with Gasteiger partial charge in [0.25, 0.3) is 11.5 Å². The van der Waals surface area contributed by atoms with E-state index >= 15 is 0 Å². The number of ether oxygens (including phenoxy) is 2. The third kappa shape index (κ3) is 6.94. The maximum atomic E-state index is 14.2. The highest BCUT2D eigenvalue weighted by Gasteiger charge is 2.32. The van der Waals surface area contributed by atoms with Crippen molar-refractivity contribution in [2.45, 2.75) is 19.6 Å². The Morgan fingerprint density at radius 1 is 1.02 bits per heavy atom. The number of carbonyl (C=O) groups is 1. The van der Waals surface area contributed by atoms with Crippen molar-refractivity contribution in [3.05, 3.63) is 151 Å². The van der Waals surface area contributed by atoms with E-state index in [1.54, 1.807) is 18.6 Å². The number of halogens is 3. The van der Waals surface area contributed by atoms with Crippen molar-refractivity contribution in [2.24, 2.45) is 4.99 Å². The van der Waals surface area contributed by atoms with Crippen molar-refractivity contribution >= 4 is 85.8 Å². The molecule has 5 aromatic rings. The van der Waals surface area contributed by atoms with Crippen molar-refractivity contribution < 1.29 is 14.3 Å². The number of aromatic nitrogens is 1. The molecule has 0 aliphatic carbocycles. The number of allylic oxidation sites excluding steroid dienone is 1. The highest BCUT2D eigenvalue weighted by atomic mass is 127. The average molecular weight is 874 g/mol. The van der Waals surface area contributed by atoms with Crippen LogP contribution in [-0.2, 0) is 11.4 Å². The maximum absolute atomic E-state index is 14.2. The van der Waals surface area contributed by atoms with Gasteiger partial charge in [-0.25, -0.2) is 4.99 Å². The lowest BCUT2D eigenvalue weighted by Gasteiger charge is -2.25. The minimum atomic E-state index is -0.709. The second-order valence-corrected chi connectivity index (χ2v) is 14.2. The van der Waals surface area contributed by atoms with Crippen LogP contribution < -0.4 is 29.7 Å². The predicted octanol–water partition coefficient (Wildman–Crippen LogP) is 7.32. The van der Waals surface area contributed by atoms with Gasteiger partial charge in [0.1, 0.15) is 18.1 Å². The number of nitrogens with zero attached hydrogens (tertiary/aromatic N) is 2. The van der Waals surface area contributed by atoms with Gasteiger partial charge in [0.15, 0.2) is 4.80 Å². The first-order chi connectivity index (χ1) is 22.2. The van der Waals surface area contributed by atoms with Crippen molar-refractivity contribution in [1.29, 1.82) is 0 Å². The number of carbonyl (C=O) groups excluding carboxylic acids is 1. The van der Waals surface area contributed by atoms with Crippen LogP contribution in [0.15, 0.2) is 112 Å². The number of benzene rings is 4. The second kappa shape index (κ2) is 14.1. The highest BCUT2D eigenvalue weighted by molar-refractivity contribution is 14.1. The number of anilines is 1. The molecule has 1 aliphatic heterocycles. The molecule has 2 heterocycles. The fourth-order valence-corrected chi connectivity index (χ4v) is 8.58. The van der Waals surface area contributed by atoms with E-state index in [1.807, 2.05) is 97.1 Å². The number of fused-ring (bicyclic) bond motifs is 1. The molecule has 0 unspecified atom stereocenters. The first kappa shape index (κ1) is 32.5. The minimum Gasteiger partial charge on any atom is -0.497 e. The van der Waals surface area contributed by atoms with Gasteiger partial charge in [-0.15, -0.1) is 0 Å². The fraction of sp³-hybridized carbons (Fsp3) is 0.114. The van der Waals surface area contributed by atoms with Gasteiger partial charge in [-0.05, 0) is 123 Å². The number of methoxy groups -OCH3 is 1. The molecule has 1 aliphatic rings. The molecule has 7 nitrogen and oxygen atoms in total. The topological polar surface area (TPSA) is 81.9 Å². The Balaban J connectivity index is 1.40. The summed E-state index contributed by atoms with van der Waals surface area (Å²) >= 11 is 11.9. The van der Waals surface area contributed by atoms with Crippen LogP contribution in [0.25, 0.3) is 6.08 Å². The zero-order valence-electron chi connectivity index (χ0n) is 24.6. The summed E-state index contributed by atoms with van der Waals surface area (Å²) < 4.78 is 15.6. The van der Waals surface area contributed by atoms with E-state index in [-0.39, 0.29) is 11.5 Å². The third-order valence-electron chi connectivity index (χ3n) is 7.30. The number of thiazole rings is 1. The van der Waals surface area contributed by atoms with Gasteiger partial charge in [-0.1, -0.05) is 65.4 Å². The summed E-state index contributed by atoms with van der Waals surface area (Å²) in [4.78, 5) is 33.2. The standard InChI is InChI=1S/C35H26ClI2N3O4S/c1-20-30(33(42)40-25-11-4-3-5-12-25)31(23-9-7-13-26(18-23)44-2)41-34(43)29(46-35(41)39-20)17-22-15-27(37)32(28(38)16-22)45-19-21-8-6-10-24(36)14-21/h3-18,31H,19H2,1-2H3,(H,40,42)/b29-17-/t31-/m1/s1. The summed E-state index contributed by atoms with van der Waals surface area (Å²) in [6, 6.07) is 27.5. The first-order valence-corrected chi connectivity index (χ1v) is 17.5. The van der Waals surface area contributed by atoms with Crippen LogP contribution in [0.2, 0.25) is 5.02 Å². The van der Waals surface area contributed by atoms with E-state index in [9.17, 15) is 9.59 Å². The Kier molecular flexibility index (Phi) is 9.97. The predicted molar refractivity (Wildman–Crippen MR) is 199 cm³/mol. The van der Waals surface area contributed by atoms with Gasteiger partial charge in [0.05, 0.1) is 36.1 Å². The molecule has 0 radical (unpaired) electrons. The van der Waals surface area contributed by atoms with Gasteiger partial charge < -0.3 is 14.8 Å². The molecule has 0 saturated heterocycles. The average Bonchev–Trinajstić information content (AvgIpc) is 3.34. The lowest BCUT2D eigenvalue weighted by atomic mass is 9.95. The van der Waals surface area contributed by atoms with E-state index < -0.39 is 6.04 Å². The molecule has 1 N–H and O–H groups in total. The Morgan fingerprint density at radius 2 is 1.76 bits per heavy atom. The fourth-order valence-electron chi connectivity index (χ4n) is 5.19. The summed E-state index contributed by atoms with van der Waals surface area (Å²) in [5.41, 5.74) is 3.91. The second-order valence-electron chi connectivity index (χ2n) is 10.4. The lowest BCUT2D eigenvalue weighted by molar-refractivity contribution is -0.113. The van der Waals surface area contributed by atoms with E-state index in [1.165, 1.54) is 11.3 Å². The van der Waals surface area contributed by atoms with Crippen LogP contribution in [0, 0.1) is 7.14 Å². The highest BCUT2D eigenvalue weighted by Crippen LogP contribution is 2.33. The molecule has 6 rings (SSSR count). The first-order valence-electron chi connectivity index (χ1n) is 14.1. The summed E-state index contributed by atoms with van der Waals surface area (Å²) in [7, 11) is 1.59. The van der Waals surface area contributed by atoms with E-state index in [2.05, 4.69) is 50.5 Å². The quantitative estimate of drug-likeness (QED) is 0.166. The Labute approximate surface area is 301 Å². The zero-order chi connectivity index (χ0) is 32.4. The van der Waals surface area contributed by atoms with Crippen LogP contribution >= 0.6 is 68.1 Å². The van der Waals surface area contributed by atoms with Crippen LogP contribution in [0.5, 0.6) is 11.5 Å². The summed E-state index contributed by atoms with van der Waals surface area (Å²) in [6.07, 6.45) is 1.86. The van der Waals surface area contributed by atoms with Crippen molar-refractivity contribution in [1.82, 2.24) is 4.57 Å². The van der Waals surface area contributed by atoms with Crippen LogP contribution in [-0.4, -0.2) is 17.6 Å². The number of rotatable bonds is 8. The molecule has 11 heteroatoms. The molecule has 0 bridgehead atoms. The number of para-hydroxylation sites is 1. The molecule has 1 amide bonds. The van der Waals surface area contributed by atoms with E-state index in [4.69, 9.17) is 26.1 Å². The van der Waals surface area contributed by atoms with Crippen LogP contribution in [0.3, 0.4) is 0 Å². The molecular weight excluding hydrogens is 848 g/mol. The van der Waals surface area contributed by atoms with Crippen LogP contribution in [0.1, 0.15) is 29.7 Å². The maximum Gasteiger partial charge on any atom is 0.271 e. The zero-order valence-corrected chi connectivity index (χ0v) is 30.5. The van der Waals surface area contributed by atoms with Crippen molar-refractivity contribution in [2.75, 3.05) is 12.4 Å². The third-order valence-corrected chi connectivity index (χ3v) is 10.1. The van der Waals surface area contributed by atoms with Crippen LogP contribution in [0.4, 0.5) is 5.69 Å². The number of hydrogen-bond donors (Lipinski definition) is 1. The minimum absolute atomic E-state index is 0.236. The molecule has 1 aromatic heterocycles. The number of nitrogens with one attached hydrogen (secondary N) is 1. The van der Waals surface area contributed by atoms with Gasteiger partial charge in [-0.2, -0.15) is 0 Å². The number of amides is 1. The van der Waals surface area contributed by atoms with Gasteiger partial charge in [0, 0.05) is 10.7 Å². The van der Waals surface area contributed by atoms with Gasteiger partial charge in [-0.3, -0.25) is 14.2 Å². The molecule has 0 spiro atoms. The smallest absolute Gasteiger partial charge is 0.271 e. The van der Waals surface area contributed by atoms with Crippen molar-refractivity contribution in [3.63, 3.8) is 0 Å². The van der Waals surface area contributed by atoms with Gasteiger partial charge >= 0.3 is 0 Å². The number of hydrogen-bond acceptors (Lipinski definition) is 6. The molecular formula is C35H26ClI2N3O4S. The van der Waals surface area contributed by atoms with Crippen molar-refractivity contribution in [3.8, 4) is 11.5 Å². The molecule has 0 saturated carbocycles. The van der Waals surface area contributed by atoms with Gasteiger partial charge in [0.2, 0.25) is 0 Å². The summed E-state index contributed by atoms with van der Waals surface area (Å²) in [6.45, 7) is 2.19. The van der Waals surface area contributed by atoms with E-state index in [0.29, 0.717) is 43.7 Å². The Hall–Kier alpha value is -3.46. The molecule has 0 fully saturated rings. The normalized spacial score (nSPS) is 14.5. The summed E-state index contributed by atoms with van der Waals surface area (Å²) in [5, 5.41) is 3.64. The SMILES string of the molecule is COc1cccc([C@@H]2C(C(=O)Nc3ccccc3)=C(C)N=c3s/c(=C\c4cc(I)c(OCc5cccc(Cl)c5)c(I)c4)c(=O)n32)c1. The Bertz CT molecular complexity index is 2160.